The fourth-order valence-electron chi connectivity index (χ4n) is 2.17. The number of carbonyl (C=O) groups excluding carboxylic acids is 1. The minimum atomic E-state index is -0.303. The van der Waals surface area contributed by atoms with Gasteiger partial charge in [0.05, 0.1) is 22.8 Å². The smallest absolute Gasteiger partial charge is 0.273 e. The van der Waals surface area contributed by atoms with E-state index >= 15 is 0 Å². The number of hydrogen-bond acceptors (Lipinski definition) is 5. The third kappa shape index (κ3) is 3.26. The molecule has 0 bridgehead atoms. The summed E-state index contributed by atoms with van der Waals surface area (Å²) in [5.41, 5.74) is 1.92. The molecule has 2 N–H and O–H groups in total. The van der Waals surface area contributed by atoms with Crippen LogP contribution in [0.25, 0.3) is 10.6 Å². The van der Waals surface area contributed by atoms with Crippen molar-refractivity contribution in [2.45, 2.75) is 19.9 Å². The molecule has 23 heavy (non-hydrogen) atoms. The van der Waals surface area contributed by atoms with Crippen molar-refractivity contribution in [3.8, 4) is 10.6 Å². The maximum absolute atomic E-state index is 13.0. The second kappa shape index (κ2) is 6.25. The van der Waals surface area contributed by atoms with Crippen LogP contribution < -0.4 is 5.32 Å². The highest BCUT2D eigenvalue weighted by Crippen LogP contribution is 2.31. The number of thiazole rings is 1. The van der Waals surface area contributed by atoms with E-state index in [9.17, 15) is 9.18 Å². The zero-order chi connectivity index (χ0) is 16.4. The number of aryl methyl sites for hydroxylation is 1. The number of aromatic nitrogens is 4. The van der Waals surface area contributed by atoms with Crippen LogP contribution in [0.3, 0.4) is 0 Å². The van der Waals surface area contributed by atoms with Gasteiger partial charge in [-0.1, -0.05) is 0 Å². The first-order chi connectivity index (χ1) is 11.0. The summed E-state index contributed by atoms with van der Waals surface area (Å²) in [6.45, 7) is 3.77. The van der Waals surface area contributed by atoms with Crippen LogP contribution in [0.2, 0.25) is 0 Å². The highest BCUT2D eigenvalue weighted by molar-refractivity contribution is 7.15. The van der Waals surface area contributed by atoms with E-state index in [1.807, 2.05) is 13.8 Å². The number of halogens is 1. The lowest BCUT2D eigenvalue weighted by Crippen LogP contribution is -2.26. The number of hydrogen-bond donors (Lipinski definition) is 2. The fourth-order valence-corrected chi connectivity index (χ4v) is 3.25. The summed E-state index contributed by atoms with van der Waals surface area (Å²) in [6.07, 6.45) is 1.37. The molecule has 0 fully saturated rings. The van der Waals surface area contributed by atoms with Crippen LogP contribution in [0.5, 0.6) is 0 Å². The maximum atomic E-state index is 13.0. The van der Waals surface area contributed by atoms with Gasteiger partial charge in [0.25, 0.3) is 5.91 Å². The average Bonchev–Trinajstić information content (AvgIpc) is 3.17. The molecular formula is C15H14FN5OS. The van der Waals surface area contributed by atoms with Gasteiger partial charge in [-0.05, 0) is 38.1 Å². The Bertz CT molecular complexity index is 813. The Morgan fingerprint density at radius 1 is 1.35 bits per heavy atom. The van der Waals surface area contributed by atoms with Crippen LogP contribution in [0.15, 0.2) is 30.5 Å². The van der Waals surface area contributed by atoms with E-state index in [0.717, 1.165) is 21.1 Å². The largest absolute Gasteiger partial charge is 0.343 e. The number of carbonyl (C=O) groups is 1. The van der Waals surface area contributed by atoms with Crippen molar-refractivity contribution >= 4 is 17.2 Å². The molecule has 1 amide bonds. The summed E-state index contributed by atoms with van der Waals surface area (Å²) >= 11 is 1.47. The van der Waals surface area contributed by atoms with Crippen molar-refractivity contribution in [3.63, 3.8) is 0 Å². The Balaban J connectivity index is 1.80. The molecule has 3 aromatic rings. The lowest BCUT2D eigenvalue weighted by molar-refractivity contribution is 0.0935. The van der Waals surface area contributed by atoms with Gasteiger partial charge in [0.2, 0.25) is 0 Å². The van der Waals surface area contributed by atoms with Crippen molar-refractivity contribution in [2.24, 2.45) is 0 Å². The molecule has 1 aromatic carbocycles. The topological polar surface area (TPSA) is 83.6 Å². The summed E-state index contributed by atoms with van der Waals surface area (Å²) in [5.74, 6) is -0.585. The summed E-state index contributed by atoms with van der Waals surface area (Å²) in [6, 6.07) is 5.97. The molecule has 0 aliphatic carbocycles. The number of H-pyrrole nitrogens is 1. The van der Waals surface area contributed by atoms with Gasteiger partial charge in [0, 0.05) is 5.56 Å². The fraction of sp³-hybridized carbons (Fsp3) is 0.200. The van der Waals surface area contributed by atoms with Crippen molar-refractivity contribution in [3.05, 3.63) is 52.5 Å². The highest BCUT2D eigenvalue weighted by atomic mass is 32.1. The first-order valence-corrected chi connectivity index (χ1v) is 7.76. The molecule has 0 radical (unpaired) electrons. The van der Waals surface area contributed by atoms with Crippen LogP contribution in [-0.4, -0.2) is 26.3 Å². The van der Waals surface area contributed by atoms with Gasteiger partial charge >= 0.3 is 0 Å². The molecule has 118 valence electrons. The van der Waals surface area contributed by atoms with Gasteiger partial charge in [-0.15, -0.1) is 11.3 Å². The third-order valence-electron chi connectivity index (χ3n) is 3.31. The quantitative estimate of drug-likeness (QED) is 0.770. The number of aromatic amines is 1. The van der Waals surface area contributed by atoms with E-state index in [1.165, 1.54) is 29.7 Å². The van der Waals surface area contributed by atoms with E-state index in [1.54, 1.807) is 12.1 Å². The third-order valence-corrected chi connectivity index (χ3v) is 4.70. The van der Waals surface area contributed by atoms with E-state index in [0.29, 0.717) is 0 Å². The SMILES string of the molecule is Cc1nc(-c2ccc(F)cc2)sc1C(C)NC(=O)c1cn[nH]n1. The average molecular weight is 331 g/mol. The van der Waals surface area contributed by atoms with Crippen LogP contribution in [0, 0.1) is 12.7 Å². The van der Waals surface area contributed by atoms with Gasteiger partial charge in [-0.25, -0.2) is 9.37 Å². The van der Waals surface area contributed by atoms with E-state index in [4.69, 9.17) is 0 Å². The molecule has 2 heterocycles. The zero-order valence-corrected chi connectivity index (χ0v) is 13.3. The maximum Gasteiger partial charge on any atom is 0.273 e. The molecule has 2 aromatic heterocycles. The molecule has 0 saturated heterocycles. The predicted octanol–water partition coefficient (Wildman–Crippen LogP) is 2.87. The van der Waals surface area contributed by atoms with Gasteiger partial charge in [0.1, 0.15) is 10.8 Å². The predicted molar refractivity (Wildman–Crippen MR) is 84.5 cm³/mol. The second-order valence-corrected chi connectivity index (χ2v) is 6.06. The molecule has 6 nitrogen and oxygen atoms in total. The Hall–Kier alpha value is -2.61. The standard InChI is InChI=1S/C15H14FN5OS/c1-8(18-14(22)12-7-17-21-20-12)13-9(2)19-15(23-13)10-3-5-11(16)6-4-10/h3-8H,1-2H3,(H,18,22)(H,17,20,21). The van der Waals surface area contributed by atoms with Gasteiger partial charge in [-0.2, -0.15) is 15.4 Å². The first kappa shape index (κ1) is 15.3. The molecule has 0 spiro atoms. The summed E-state index contributed by atoms with van der Waals surface area (Å²) in [7, 11) is 0. The second-order valence-electron chi connectivity index (χ2n) is 5.03. The molecule has 1 atom stereocenters. The molecular weight excluding hydrogens is 317 g/mol. The van der Waals surface area contributed by atoms with Crippen molar-refractivity contribution in [1.29, 1.82) is 0 Å². The first-order valence-electron chi connectivity index (χ1n) is 6.94. The zero-order valence-electron chi connectivity index (χ0n) is 12.5. The Morgan fingerprint density at radius 3 is 2.74 bits per heavy atom. The monoisotopic (exact) mass is 331 g/mol. The van der Waals surface area contributed by atoms with E-state index in [-0.39, 0.29) is 23.5 Å². The van der Waals surface area contributed by atoms with Gasteiger partial charge in [0.15, 0.2) is 5.69 Å². The Kier molecular flexibility index (Phi) is 4.16. The molecule has 1 unspecified atom stereocenters. The molecule has 0 saturated carbocycles. The highest BCUT2D eigenvalue weighted by Gasteiger charge is 2.19. The minimum absolute atomic E-state index is 0.217. The van der Waals surface area contributed by atoms with Crippen molar-refractivity contribution in [2.75, 3.05) is 0 Å². The number of nitrogens with zero attached hydrogens (tertiary/aromatic N) is 3. The molecule has 8 heteroatoms. The van der Waals surface area contributed by atoms with Crippen LogP contribution >= 0.6 is 11.3 Å². The Labute approximate surface area is 135 Å². The van der Waals surface area contributed by atoms with Gasteiger partial charge in [-0.3, -0.25) is 4.79 Å². The molecule has 0 aliphatic heterocycles. The molecule has 0 aliphatic rings. The van der Waals surface area contributed by atoms with E-state index < -0.39 is 0 Å². The number of nitrogens with one attached hydrogen (secondary N) is 2. The van der Waals surface area contributed by atoms with Crippen LogP contribution in [0.4, 0.5) is 4.39 Å². The lowest BCUT2D eigenvalue weighted by atomic mass is 10.2. The normalized spacial score (nSPS) is 12.1. The van der Waals surface area contributed by atoms with Crippen molar-refractivity contribution in [1.82, 2.24) is 25.7 Å². The number of benzene rings is 1. The number of rotatable bonds is 4. The minimum Gasteiger partial charge on any atom is -0.343 e. The van der Waals surface area contributed by atoms with Crippen molar-refractivity contribution < 1.29 is 9.18 Å². The van der Waals surface area contributed by atoms with Crippen LogP contribution in [0.1, 0.15) is 34.0 Å². The Morgan fingerprint density at radius 2 is 2.09 bits per heavy atom. The number of amides is 1. The summed E-state index contributed by atoms with van der Waals surface area (Å²) < 4.78 is 13.0. The summed E-state index contributed by atoms with van der Waals surface area (Å²) in [5, 5.41) is 13.4. The lowest BCUT2D eigenvalue weighted by Gasteiger charge is -2.11. The summed E-state index contributed by atoms with van der Waals surface area (Å²) in [4.78, 5) is 17.5. The van der Waals surface area contributed by atoms with Crippen LogP contribution in [-0.2, 0) is 0 Å². The van der Waals surface area contributed by atoms with Gasteiger partial charge < -0.3 is 5.32 Å². The van der Waals surface area contributed by atoms with E-state index in [2.05, 4.69) is 25.7 Å². The molecule has 3 rings (SSSR count).